The minimum absolute atomic E-state index is 0.0536. The Kier molecular flexibility index (Phi) is 9.58. The predicted octanol–water partition coefficient (Wildman–Crippen LogP) is 5.53. The van der Waals surface area contributed by atoms with E-state index in [1.165, 1.54) is 0 Å². The highest BCUT2D eigenvalue weighted by Gasteiger charge is 2.30. The van der Waals surface area contributed by atoms with Gasteiger partial charge in [-0.3, -0.25) is 9.59 Å². The highest BCUT2D eigenvalue weighted by molar-refractivity contribution is 6.30. The van der Waals surface area contributed by atoms with Crippen LogP contribution in [-0.2, 0) is 16.1 Å². The molecule has 0 aliphatic heterocycles. The summed E-state index contributed by atoms with van der Waals surface area (Å²) < 4.78 is 5.72. The number of carbonyl (C=O) groups is 2. The lowest BCUT2D eigenvalue weighted by atomic mass is 10.0. The second-order valence-corrected chi connectivity index (χ2v) is 9.52. The smallest absolute Gasteiger partial charge is 0.243 e. The molecule has 0 aliphatic rings. The maximum absolute atomic E-state index is 13.2. The van der Waals surface area contributed by atoms with E-state index in [0.717, 1.165) is 16.9 Å². The number of benzene rings is 2. The van der Waals surface area contributed by atoms with Gasteiger partial charge in [-0.1, -0.05) is 48.4 Å². The maximum atomic E-state index is 13.2. The molecule has 1 atom stereocenters. The number of rotatable bonds is 10. The Labute approximate surface area is 197 Å². The van der Waals surface area contributed by atoms with Gasteiger partial charge in [0.1, 0.15) is 11.8 Å². The van der Waals surface area contributed by atoms with Crippen LogP contribution in [0.25, 0.3) is 0 Å². The Morgan fingerprint density at radius 3 is 2.41 bits per heavy atom. The van der Waals surface area contributed by atoms with Crippen molar-refractivity contribution in [1.29, 1.82) is 0 Å². The molecule has 2 amide bonds. The first-order valence-electron chi connectivity index (χ1n) is 11.1. The lowest BCUT2D eigenvalue weighted by molar-refractivity contribution is -0.142. The highest BCUT2D eigenvalue weighted by Crippen LogP contribution is 2.18. The SMILES string of the molecule is CCC(C(=O)NC(C)(C)C)N(Cc1cccc(C)c1)C(=O)CCCOc1ccc(Cl)cc1. The van der Waals surface area contributed by atoms with Crippen LogP contribution < -0.4 is 10.1 Å². The van der Waals surface area contributed by atoms with Crippen LogP contribution in [0.3, 0.4) is 0 Å². The van der Waals surface area contributed by atoms with Crippen molar-refractivity contribution in [3.63, 3.8) is 0 Å². The molecule has 0 aliphatic carbocycles. The molecular weight excluding hydrogens is 424 g/mol. The van der Waals surface area contributed by atoms with E-state index in [2.05, 4.69) is 11.4 Å². The number of hydrogen-bond donors (Lipinski definition) is 1. The third-order valence-electron chi connectivity index (χ3n) is 4.94. The lowest BCUT2D eigenvalue weighted by Crippen LogP contribution is -2.53. The van der Waals surface area contributed by atoms with Gasteiger partial charge >= 0.3 is 0 Å². The topological polar surface area (TPSA) is 58.6 Å². The fraction of sp³-hybridized carbons (Fsp3) is 0.462. The summed E-state index contributed by atoms with van der Waals surface area (Å²) in [4.78, 5) is 27.9. The molecule has 32 heavy (non-hydrogen) atoms. The van der Waals surface area contributed by atoms with E-state index in [0.29, 0.717) is 37.4 Å². The van der Waals surface area contributed by atoms with Crippen LogP contribution in [0.15, 0.2) is 48.5 Å². The molecule has 2 rings (SSSR count). The van der Waals surface area contributed by atoms with Crippen molar-refractivity contribution < 1.29 is 14.3 Å². The number of halogens is 1. The van der Waals surface area contributed by atoms with E-state index in [1.807, 2.05) is 52.8 Å². The largest absolute Gasteiger partial charge is 0.494 e. The van der Waals surface area contributed by atoms with Gasteiger partial charge in [-0.05, 0) is 70.4 Å². The molecule has 0 radical (unpaired) electrons. The Balaban J connectivity index is 2.08. The first kappa shape index (κ1) is 25.7. The molecule has 2 aromatic rings. The van der Waals surface area contributed by atoms with Gasteiger partial charge in [0, 0.05) is 23.5 Å². The van der Waals surface area contributed by atoms with Crippen LogP contribution >= 0.6 is 11.6 Å². The lowest BCUT2D eigenvalue weighted by Gasteiger charge is -2.33. The second kappa shape index (κ2) is 11.9. The molecule has 2 aromatic carbocycles. The molecule has 1 unspecified atom stereocenters. The predicted molar refractivity (Wildman–Crippen MR) is 130 cm³/mol. The van der Waals surface area contributed by atoms with Gasteiger partial charge < -0.3 is 15.0 Å². The van der Waals surface area contributed by atoms with Gasteiger partial charge in [0.2, 0.25) is 11.8 Å². The van der Waals surface area contributed by atoms with E-state index in [9.17, 15) is 9.59 Å². The van der Waals surface area contributed by atoms with Gasteiger partial charge in [0.15, 0.2) is 0 Å². The summed E-state index contributed by atoms with van der Waals surface area (Å²) in [5.74, 6) is 0.537. The molecule has 0 aromatic heterocycles. The monoisotopic (exact) mass is 458 g/mol. The Bertz CT molecular complexity index is 891. The van der Waals surface area contributed by atoms with Crippen LogP contribution in [-0.4, -0.2) is 34.9 Å². The highest BCUT2D eigenvalue weighted by atomic mass is 35.5. The van der Waals surface area contributed by atoms with Gasteiger partial charge in [0.05, 0.1) is 6.61 Å². The number of nitrogens with one attached hydrogen (secondary N) is 1. The number of carbonyl (C=O) groups excluding carboxylic acids is 2. The number of aryl methyl sites for hydroxylation is 1. The molecule has 0 spiro atoms. The third-order valence-corrected chi connectivity index (χ3v) is 5.19. The summed E-state index contributed by atoms with van der Waals surface area (Å²) in [5.41, 5.74) is 1.77. The molecule has 174 valence electrons. The summed E-state index contributed by atoms with van der Waals surface area (Å²) in [6.07, 6.45) is 1.41. The van der Waals surface area contributed by atoms with Gasteiger partial charge in [-0.2, -0.15) is 0 Å². The van der Waals surface area contributed by atoms with Crippen molar-refractivity contribution in [1.82, 2.24) is 10.2 Å². The fourth-order valence-corrected chi connectivity index (χ4v) is 3.59. The summed E-state index contributed by atoms with van der Waals surface area (Å²) in [6.45, 7) is 10.6. The number of hydrogen-bond acceptors (Lipinski definition) is 3. The minimum Gasteiger partial charge on any atom is -0.494 e. The van der Waals surface area contributed by atoms with Crippen LogP contribution in [0.1, 0.15) is 58.1 Å². The number of ether oxygens (including phenoxy) is 1. The molecule has 0 saturated heterocycles. The van der Waals surface area contributed by atoms with E-state index >= 15 is 0 Å². The van der Waals surface area contributed by atoms with Crippen LogP contribution in [0.5, 0.6) is 5.75 Å². The average molecular weight is 459 g/mol. The average Bonchev–Trinajstić information content (AvgIpc) is 2.71. The Hall–Kier alpha value is -2.53. The van der Waals surface area contributed by atoms with Crippen LogP contribution in [0, 0.1) is 6.92 Å². The molecule has 6 heteroatoms. The molecule has 1 N–H and O–H groups in total. The van der Waals surface area contributed by atoms with Gasteiger partial charge in [-0.15, -0.1) is 0 Å². The minimum atomic E-state index is -0.528. The standard InChI is InChI=1S/C26H35ClN2O3/c1-6-23(25(31)28-26(3,4)5)29(18-20-10-7-9-19(2)17-20)24(30)11-8-16-32-22-14-12-21(27)13-15-22/h7,9-10,12-15,17,23H,6,8,11,16,18H2,1-5H3,(H,28,31). The molecule has 5 nitrogen and oxygen atoms in total. The zero-order valence-electron chi connectivity index (χ0n) is 19.8. The summed E-state index contributed by atoms with van der Waals surface area (Å²) in [7, 11) is 0. The van der Waals surface area contributed by atoms with Crippen molar-refractivity contribution in [3.05, 3.63) is 64.7 Å². The Morgan fingerprint density at radius 1 is 1.12 bits per heavy atom. The van der Waals surface area contributed by atoms with E-state index in [-0.39, 0.29) is 17.4 Å². The first-order chi connectivity index (χ1) is 15.1. The summed E-state index contributed by atoms with van der Waals surface area (Å²) in [6, 6.07) is 14.7. The second-order valence-electron chi connectivity index (χ2n) is 9.08. The number of nitrogens with zero attached hydrogens (tertiary/aromatic N) is 1. The fourth-order valence-electron chi connectivity index (χ4n) is 3.47. The first-order valence-corrected chi connectivity index (χ1v) is 11.5. The normalized spacial score (nSPS) is 12.2. The molecule has 0 fully saturated rings. The zero-order chi connectivity index (χ0) is 23.7. The van der Waals surface area contributed by atoms with Crippen LogP contribution in [0.4, 0.5) is 0 Å². The van der Waals surface area contributed by atoms with E-state index < -0.39 is 6.04 Å². The maximum Gasteiger partial charge on any atom is 0.243 e. The summed E-state index contributed by atoms with van der Waals surface area (Å²) in [5, 5.41) is 3.68. The van der Waals surface area contributed by atoms with E-state index in [1.54, 1.807) is 29.2 Å². The van der Waals surface area contributed by atoms with E-state index in [4.69, 9.17) is 16.3 Å². The van der Waals surface area contributed by atoms with Crippen molar-refractivity contribution in [3.8, 4) is 5.75 Å². The number of amides is 2. The van der Waals surface area contributed by atoms with Gasteiger partial charge in [-0.25, -0.2) is 0 Å². The molecule has 0 bridgehead atoms. The molecular formula is C26H35ClN2O3. The Morgan fingerprint density at radius 2 is 1.81 bits per heavy atom. The van der Waals surface area contributed by atoms with Crippen molar-refractivity contribution in [2.24, 2.45) is 0 Å². The van der Waals surface area contributed by atoms with Crippen molar-refractivity contribution >= 4 is 23.4 Å². The molecule has 0 heterocycles. The quantitative estimate of drug-likeness (QED) is 0.476. The third kappa shape index (κ3) is 8.54. The molecule has 0 saturated carbocycles. The van der Waals surface area contributed by atoms with Crippen molar-refractivity contribution in [2.45, 2.75) is 72.0 Å². The van der Waals surface area contributed by atoms with Gasteiger partial charge in [0.25, 0.3) is 0 Å². The zero-order valence-corrected chi connectivity index (χ0v) is 20.5. The van der Waals surface area contributed by atoms with Crippen molar-refractivity contribution in [2.75, 3.05) is 6.61 Å². The van der Waals surface area contributed by atoms with Crippen LogP contribution in [0.2, 0.25) is 5.02 Å². The summed E-state index contributed by atoms with van der Waals surface area (Å²) >= 11 is 5.90.